The highest BCUT2D eigenvalue weighted by atomic mass is 79.9. The van der Waals surface area contributed by atoms with Crippen LogP contribution in [0.5, 0.6) is 0 Å². The maximum absolute atomic E-state index is 12.2. The summed E-state index contributed by atoms with van der Waals surface area (Å²) in [5.41, 5.74) is 7.21. The third-order valence-corrected chi connectivity index (χ3v) is 3.36. The first-order valence-corrected chi connectivity index (χ1v) is 7.01. The van der Waals surface area contributed by atoms with Gasteiger partial charge >= 0.3 is 0 Å². The van der Waals surface area contributed by atoms with Crippen LogP contribution in [0.2, 0.25) is 0 Å². The Balaban J connectivity index is 1.96. The molecule has 5 nitrogen and oxygen atoms in total. The van der Waals surface area contributed by atoms with Crippen LogP contribution in [0.25, 0.3) is 10.9 Å². The van der Waals surface area contributed by atoms with Crippen LogP contribution in [0.1, 0.15) is 10.5 Å². The molecule has 104 valence electrons. The molecule has 2 heterocycles. The molecule has 1 aromatic carbocycles. The van der Waals surface area contributed by atoms with Crippen molar-refractivity contribution in [2.75, 3.05) is 11.1 Å². The summed E-state index contributed by atoms with van der Waals surface area (Å²) in [5, 5.41) is 3.75. The second-order valence-corrected chi connectivity index (χ2v) is 5.35. The fourth-order valence-corrected chi connectivity index (χ4v) is 2.35. The molecule has 3 rings (SSSR count). The Morgan fingerprint density at radius 1 is 1.19 bits per heavy atom. The van der Waals surface area contributed by atoms with E-state index in [9.17, 15) is 4.79 Å². The number of benzene rings is 1. The molecule has 0 aliphatic heterocycles. The van der Waals surface area contributed by atoms with Gasteiger partial charge in [0.15, 0.2) is 0 Å². The lowest BCUT2D eigenvalue weighted by Crippen LogP contribution is -2.14. The van der Waals surface area contributed by atoms with Crippen molar-refractivity contribution in [2.45, 2.75) is 0 Å². The van der Waals surface area contributed by atoms with Gasteiger partial charge in [-0.25, -0.2) is 4.98 Å². The summed E-state index contributed by atoms with van der Waals surface area (Å²) in [6.07, 6.45) is 1.69. The monoisotopic (exact) mass is 342 g/mol. The average Bonchev–Trinajstić information content (AvgIpc) is 2.47. The van der Waals surface area contributed by atoms with Gasteiger partial charge in [-0.05, 0) is 40.2 Å². The van der Waals surface area contributed by atoms with Gasteiger partial charge in [-0.3, -0.25) is 9.78 Å². The predicted octanol–water partition coefficient (Wildman–Crippen LogP) is 3.23. The number of carbonyl (C=O) groups excluding carboxylic acids is 1. The minimum atomic E-state index is -0.320. The predicted molar refractivity (Wildman–Crippen MR) is 86.0 cm³/mol. The van der Waals surface area contributed by atoms with E-state index in [-0.39, 0.29) is 11.6 Å². The van der Waals surface area contributed by atoms with Crippen molar-refractivity contribution in [2.24, 2.45) is 0 Å². The first-order valence-electron chi connectivity index (χ1n) is 6.21. The Morgan fingerprint density at radius 2 is 2.00 bits per heavy atom. The average molecular weight is 343 g/mol. The SMILES string of the molecule is Nc1cccc(C(=O)Nc2cccc3cc(Br)cnc23)n1. The normalized spacial score (nSPS) is 10.5. The molecule has 3 N–H and O–H groups in total. The number of pyridine rings is 2. The lowest BCUT2D eigenvalue weighted by molar-refractivity contribution is 0.102. The summed E-state index contributed by atoms with van der Waals surface area (Å²) in [5.74, 6) is -0.0119. The number of rotatable bonds is 2. The Hall–Kier alpha value is -2.47. The van der Waals surface area contributed by atoms with E-state index in [2.05, 4.69) is 31.2 Å². The Bertz CT molecular complexity index is 835. The molecule has 0 radical (unpaired) electrons. The van der Waals surface area contributed by atoms with Gasteiger partial charge in [0, 0.05) is 16.1 Å². The van der Waals surface area contributed by atoms with Crippen LogP contribution >= 0.6 is 15.9 Å². The van der Waals surface area contributed by atoms with Crippen molar-refractivity contribution in [3.05, 3.63) is 58.8 Å². The number of hydrogen-bond acceptors (Lipinski definition) is 4. The van der Waals surface area contributed by atoms with Gasteiger partial charge in [-0.2, -0.15) is 0 Å². The minimum Gasteiger partial charge on any atom is -0.384 e. The minimum absolute atomic E-state index is 0.268. The maximum Gasteiger partial charge on any atom is 0.274 e. The number of amides is 1. The van der Waals surface area contributed by atoms with E-state index in [0.717, 1.165) is 15.4 Å². The number of nitrogens with two attached hydrogens (primary N) is 1. The first kappa shape index (κ1) is 13.5. The van der Waals surface area contributed by atoms with E-state index < -0.39 is 0 Å². The van der Waals surface area contributed by atoms with Crippen LogP contribution in [-0.2, 0) is 0 Å². The molecular formula is C15H11BrN4O. The molecule has 0 spiro atoms. The van der Waals surface area contributed by atoms with E-state index >= 15 is 0 Å². The van der Waals surface area contributed by atoms with E-state index in [1.165, 1.54) is 0 Å². The number of nitrogen functional groups attached to an aromatic ring is 1. The van der Waals surface area contributed by atoms with Crippen LogP contribution in [0.4, 0.5) is 11.5 Å². The maximum atomic E-state index is 12.2. The zero-order valence-corrected chi connectivity index (χ0v) is 12.5. The van der Waals surface area contributed by atoms with Crippen molar-refractivity contribution in [1.29, 1.82) is 0 Å². The van der Waals surface area contributed by atoms with Gasteiger partial charge in [0.1, 0.15) is 11.5 Å². The molecule has 0 aliphatic rings. The first-order chi connectivity index (χ1) is 10.1. The quantitative estimate of drug-likeness (QED) is 0.749. The fourth-order valence-electron chi connectivity index (χ4n) is 2.00. The lowest BCUT2D eigenvalue weighted by atomic mass is 10.2. The van der Waals surface area contributed by atoms with Crippen molar-refractivity contribution >= 4 is 44.2 Å². The summed E-state index contributed by atoms with van der Waals surface area (Å²) in [6, 6.07) is 12.5. The Kier molecular flexibility index (Phi) is 3.53. The number of para-hydroxylation sites is 1. The molecule has 0 fully saturated rings. The second kappa shape index (κ2) is 5.49. The van der Waals surface area contributed by atoms with Crippen LogP contribution in [0.3, 0.4) is 0 Å². The third kappa shape index (κ3) is 2.85. The van der Waals surface area contributed by atoms with Crippen LogP contribution in [0.15, 0.2) is 53.1 Å². The molecule has 0 saturated heterocycles. The van der Waals surface area contributed by atoms with Gasteiger partial charge in [0.25, 0.3) is 5.91 Å². The molecule has 0 saturated carbocycles. The van der Waals surface area contributed by atoms with Crippen molar-refractivity contribution in [1.82, 2.24) is 9.97 Å². The number of fused-ring (bicyclic) bond motifs is 1. The standard InChI is InChI=1S/C15H11BrN4O/c16-10-7-9-3-1-4-11(14(9)18-8-10)20-15(21)12-5-2-6-13(17)19-12/h1-8H,(H2,17,19)(H,20,21). The van der Waals surface area contributed by atoms with Crippen LogP contribution in [0, 0.1) is 0 Å². The zero-order chi connectivity index (χ0) is 14.8. The molecule has 3 aromatic rings. The summed E-state index contributed by atoms with van der Waals surface area (Å²) in [7, 11) is 0. The second-order valence-electron chi connectivity index (χ2n) is 4.43. The summed E-state index contributed by atoms with van der Waals surface area (Å²) >= 11 is 3.38. The van der Waals surface area contributed by atoms with Crippen molar-refractivity contribution < 1.29 is 4.79 Å². The molecule has 0 bridgehead atoms. The molecule has 0 unspecified atom stereocenters. The highest BCUT2D eigenvalue weighted by molar-refractivity contribution is 9.10. The smallest absolute Gasteiger partial charge is 0.274 e. The molecular weight excluding hydrogens is 332 g/mol. The van der Waals surface area contributed by atoms with Gasteiger partial charge in [0.2, 0.25) is 0 Å². The van der Waals surface area contributed by atoms with Gasteiger partial charge < -0.3 is 11.1 Å². The Morgan fingerprint density at radius 3 is 2.81 bits per heavy atom. The summed E-state index contributed by atoms with van der Waals surface area (Å²) in [6.45, 7) is 0. The topological polar surface area (TPSA) is 80.9 Å². The largest absolute Gasteiger partial charge is 0.384 e. The number of hydrogen-bond donors (Lipinski definition) is 2. The van der Waals surface area contributed by atoms with Gasteiger partial charge in [-0.1, -0.05) is 18.2 Å². The van der Waals surface area contributed by atoms with Gasteiger partial charge in [-0.15, -0.1) is 0 Å². The summed E-state index contributed by atoms with van der Waals surface area (Å²) < 4.78 is 0.885. The molecule has 21 heavy (non-hydrogen) atoms. The van der Waals surface area contributed by atoms with E-state index in [1.54, 1.807) is 30.5 Å². The number of halogens is 1. The van der Waals surface area contributed by atoms with Crippen LogP contribution in [-0.4, -0.2) is 15.9 Å². The van der Waals surface area contributed by atoms with Gasteiger partial charge in [0.05, 0.1) is 11.2 Å². The molecule has 6 heteroatoms. The van der Waals surface area contributed by atoms with E-state index in [0.29, 0.717) is 11.5 Å². The lowest BCUT2D eigenvalue weighted by Gasteiger charge is -2.08. The number of nitrogens with zero attached hydrogens (tertiary/aromatic N) is 2. The fraction of sp³-hybridized carbons (Fsp3) is 0. The molecule has 0 aliphatic carbocycles. The molecule has 1 amide bonds. The Labute approximate surface area is 129 Å². The molecule has 2 aromatic heterocycles. The van der Waals surface area contributed by atoms with Crippen molar-refractivity contribution in [3.8, 4) is 0 Å². The highest BCUT2D eigenvalue weighted by Crippen LogP contribution is 2.24. The van der Waals surface area contributed by atoms with Crippen molar-refractivity contribution in [3.63, 3.8) is 0 Å². The number of anilines is 2. The number of nitrogens with one attached hydrogen (secondary N) is 1. The highest BCUT2D eigenvalue weighted by Gasteiger charge is 2.10. The molecule has 0 atom stereocenters. The third-order valence-electron chi connectivity index (χ3n) is 2.93. The zero-order valence-electron chi connectivity index (χ0n) is 10.9. The van der Waals surface area contributed by atoms with Crippen LogP contribution < -0.4 is 11.1 Å². The van der Waals surface area contributed by atoms with E-state index in [4.69, 9.17) is 5.73 Å². The van der Waals surface area contributed by atoms with E-state index in [1.807, 2.05) is 18.2 Å². The summed E-state index contributed by atoms with van der Waals surface area (Å²) in [4.78, 5) is 20.6. The number of carbonyl (C=O) groups is 1. The number of aromatic nitrogens is 2.